The number of alkyl halides is 3. The molecule has 88 valence electrons. The van der Waals surface area contributed by atoms with E-state index in [1.165, 1.54) is 12.1 Å². The highest BCUT2D eigenvalue weighted by Gasteiger charge is 2.32. The molecular formula is C11H12F3NO. The Hall–Kier alpha value is -1.23. The fourth-order valence-corrected chi connectivity index (χ4v) is 2.15. The van der Waals surface area contributed by atoms with Crippen LogP contribution in [0.4, 0.5) is 13.2 Å². The lowest BCUT2D eigenvalue weighted by atomic mass is 10.0. The molecule has 1 aliphatic carbocycles. The smallest absolute Gasteiger partial charge is 0.406 e. The predicted octanol–water partition coefficient (Wildman–Crippen LogP) is 3.09. The van der Waals surface area contributed by atoms with Gasteiger partial charge in [-0.25, -0.2) is 0 Å². The van der Waals surface area contributed by atoms with E-state index in [0.29, 0.717) is 0 Å². The first-order valence-corrected chi connectivity index (χ1v) is 5.02. The molecule has 1 aromatic rings. The molecule has 2 nitrogen and oxygen atoms in total. The number of halogens is 3. The molecule has 0 amide bonds. The summed E-state index contributed by atoms with van der Waals surface area (Å²) < 4.78 is 39.9. The van der Waals surface area contributed by atoms with Crippen molar-refractivity contribution >= 4 is 0 Å². The Balaban J connectivity index is 2.30. The van der Waals surface area contributed by atoms with Crippen LogP contribution in [0.3, 0.4) is 0 Å². The molecule has 16 heavy (non-hydrogen) atoms. The molecule has 2 rings (SSSR count). The number of hydrogen-bond donors (Lipinski definition) is 1. The minimum absolute atomic E-state index is 0.0788. The summed E-state index contributed by atoms with van der Waals surface area (Å²) in [6, 6.07) is 4.28. The van der Waals surface area contributed by atoms with Crippen LogP contribution in [0.15, 0.2) is 18.2 Å². The molecule has 1 aromatic carbocycles. The molecule has 0 spiro atoms. The maximum absolute atomic E-state index is 12.0. The molecule has 0 radical (unpaired) electrons. The third-order valence-electron chi connectivity index (χ3n) is 2.83. The van der Waals surface area contributed by atoms with Crippen molar-refractivity contribution in [1.29, 1.82) is 0 Å². The Labute approximate surface area is 91.2 Å². The van der Waals surface area contributed by atoms with Crippen LogP contribution in [-0.2, 0) is 0 Å². The average molecular weight is 231 g/mol. The number of nitrogens with two attached hydrogens (primary N) is 1. The Morgan fingerprint density at radius 1 is 1.31 bits per heavy atom. The zero-order valence-electron chi connectivity index (χ0n) is 8.71. The number of fused-ring (bicyclic) bond motifs is 1. The van der Waals surface area contributed by atoms with Crippen LogP contribution in [0.5, 0.6) is 5.75 Å². The number of benzene rings is 1. The molecule has 2 atom stereocenters. The quantitative estimate of drug-likeness (QED) is 0.806. The van der Waals surface area contributed by atoms with Gasteiger partial charge in [-0.2, -0.15) is 0 Å². The molecule has 1 aliphatic rings. The number of ether oxygens (including phenoxy) is 1. The van der Waals surface area contributed by atoms with E-state index < -0.39 is 6.36 Å². The molecule has 0 bridgehead atoms. The fraction of sp³-hybridized carbons (Fsp3) is 0.455. The third-order valence-corrected chi connectivity index (χ3v) is 2.83. The van der Waals surface area contributed by atoms with E-state index in [0.717, 1.165) is 17.5 Å². The molecular weight excluding hydrogens is 219 g/mol. The summed E-state index contributed by atoms with van der Waals surface area (Å²) in [5, 5.41) is 0. The van der Waals surface area contributed by atoms with Gasteiger partial charge in [0.1, 0.15) is 5.75 Å². The van der Waals surface area contributed by atoms with E-state index in [4.69, 9.17) is 5.73 Å². The maximum Gasteiger partial charge on any atom is 0.573 e. The molecule has 2 unspecified atom stereocenters. The molecule has 5 heteroatoms. The molecule has 0 aromatic heterocycles. The Morgan fingerprint density at radius 2 is 2.00 bits per heavy atom. The van der Waals surface area contributed by atoms with Crippen molar-refractivity contribution in [2.75, 3.05) is 0 Å². The first-order valence-electron chi connectivity index (χ1n) is 5.02. The van der Waals surface area contributed by atoms with Gasteiger partial charge in [-0.1, -0.05) is 13.0 Å². The van der Waals surface area contributed by atoms with Gasteiger partial charge in [-0.3, -0.25) is 0 Å². The summed E-state index contributed by atoms with van der Waals surface area (Å²) in [6.07, 6.45) is -3.87. The van der Waals surface area contributed by atoms with Crippen LogP contribution in [-0.4, -0.2) is 6.36 Å². The van der Waals surface area contributed by atoms with E-state index in [-0.39, 0.29) is 17.7 Å². The van der Waals surface area contributed by atoms with Crippen molar-refractivity contribution in [2.45, 2.75) is 31.7 Å². The van der Waals surface area contributed by atoms with Gasteiger partial charge in [-0.15, -0.1) is 13.2 Å². The van der Waals surface area contributed by atoms with Crippen molar-refractivity contribution < 1.29 is 17.9 Å². The Morgan fingerprint density at radius 3 is 2.62 bits per heavy atom. The van der Waals surface area contributed by atoms with Gasteiger partial charge in [0.05, 0.1) is 0 Å². The molecule has 2 N–H and O–H groups in total. The molecule has 0 saturated heterocycles. The Kier molecular flexibility index (Phi) is 2.58. The van der Waals surface area contributed by atoms with E-state index >= 15 is 0 Å². The maximum atomic E-state index is 12.0. The van der Waals surface area contributed by atoms with Gasteiger partial charge in [-0.05, 0) is 35.6 Å². The zero-order chi connectivity index (χ0) is 11.9. The zero-order valence-corrected chi connectivity index (χ0v) is 8.71. The van der Waals surface area contributed by atoms with Crippen molar-refractivity contribution in [3.8, 4) is 5.75 Å². The largest absolute Gasteiger partial charge is 0.573 e. The lowest BCUT2D eigenvalue weighted by Gasteiger charge is -2.11. The summed E-state index contributed by atoms with van der Waals surface area (Å²) in [4.78, 5) is 0. The third kappa shape index (κ3) is 2.14. The lowest BCUT2D eigenvalue weighted by Crippen LogP contribution is -2.17. The highest BCUT2D eigenvalue weighted by atomic mass is 19.4. The standard InChI is InChI=1S/C11H12F3NO/c1-6-4-10(15)8-3-2-7(5-9(6)8)16-11(12,13)14/h2-3,5-6,10H,4,15H2,1H3. The van der Waals surface area contributed by atoms with Crippen LogP contribution in [0, 0.1) is 0 Å². The second-order valence-electron chi connectivity index (χ2n) is 4.08. The van der Waals surface area contributed by atoms with Gasteiger partial charge in [0, 0.05) is 6.04 Å². The van der Waals surface area contributed by atoms with E-state index in [2.05, 4.69) is 4.74 Å². The van der Waals surface area contributed by atoms with Crippen molar-refractivity contribution in [3.63, 3.8) is 0 Å². The van der Waals surface area contributed by atoms with Gasteiger partial charge < -0.3 is 10.5 Å². The predicted molar refractivity (Wildman–Crippen MR) is 53.1 cm³/mol. The molecule has 0 aliphatic heterocycles. The minimum atomic E-state index is -4.64. The summed E-state index contributed by atoms with van der Waals surface area (Å²) in [5.41, 5.74) is 7.63. The van der Waals surface area contributed by atoms with Crippen molar-refractivity contribution in [3.05, 3.63) is 29.3 Å². The number of hydrogen-bond acceptors (Lipinski definition) is 2. The Bertz CT molecular complexity index is 403. The summed E-state index contributed by atoms with van der Waals surface area (Å²) in [6.45, 7) is 1.95. The first-order chi connectivity index (χ1) is 7.37. The summed E-state index contributed by atoms with van der Waals surface area (Å²) >= 11 is 0. The fourth-order valence-electron chi connectivity index (χ4n) is 2.15. The first kappa shape index (κ1) is 11.3. The van der Waals surface area contributed by atoms with Crippen molar-refractivity contribution in [1.82, 2.24) is 0 Å². The van der Waals surface area contributed by atoms with E-state index in [9.17, 15) is 13.2 Å². The van der Waals surface area contributed by atoms with E-state index in [1.54, 1.807) is 6.07 Å². The van der Waals surface area contributed by atoms with Gasteiger partial charge in [0.2, 0.25) is 0 Å². The number of rotatable bonds is 1. The lowest BCUT2D eigenvalue weighted by molar-refractivity contribution is -0.274. The SMILES string of the molecule is CC1CC(N)c2ccc(OC(F)(F)F)cc21. The average Bonchev–Trinajstić information content (AvgIpc) is 2.40. The molecule has 0 fully saturated rings. The van der Waals surface area contributed by atoms with Crippen molar-refractivity contribution in [2.24, 2.45) is 5.73 Å². The molecule has 0 heterocycles. The monoisotopic (exact) mass is 231 g/mol. The second-order valence-corrected chi connectivity index (χ2v) is 4.08. The molecule has 0 saturated carbocycles. The van der Waals surface area contributed by atoms with Crippen LogP contribution in [0.1, 0.15) is 36.4 Å². The minimum Gasteiger partial charge on any atom is -0.406 e. The van der Waals surface area contributed by atoms with Gasteiger partial charge >= 0.3 is 6.36 Å². The summed E-state index contributed by atoms with van der Waals surface area (Å²) in [7, 11) is 0. The van der Waals surface area contributed by atoms with Gasteiger partial charge in [0.25, 0.3) is 0 Å². The van der Waals surface area contributed by atoms with Crippen LogP contribution >= 0.6 is 0 Å². The van der Waals surface area contributed by atoms with Crippen LogP contribution in [0.2, 0.25) is 0 Å². The highest BCUT2D eigenvalue weighted by Crippen LogP contribution is 2.40. The van der Waals surface area contributed by atoms with Crippen LogP contribution in [0.25, 0.3) is 0 Å². The normalized spacial score (nSPS) is 24.3. The van der Waals surface area contributed by atoms with Crippen LogP contribution < -0.4 is 10.5 Å². The van der Waals surface area contributed by atoms with E-state index in [1.807, 2.05) is 6.92 Å². The topological polar surface area (TPSA) is 35.2 Å². The summed E-state index contributed by atoms with van der Waals surface area (Å²) in [5.74, 6) is 0.00832. The van der Waals surface area contributed by atoms with Gasteiger partial charge in [0.15, 0.2) is 0 Å². The second kappa shape index (κ2) is 3.66. The highest BCUT2D eigenvalue weighted by molar-refractivity contribution is 5.42.